The number of rotatable bonds is 2. The number of ether oxygens (including phenoxy) is 1. The zero-order valence-electron chi connectivity index (χ0n) is 7.75. The quantitative estimate of drug-likeness (QED) is 0.634. The Balaban J connectivity index is 1.81. The Morgan fingerprint density at radius 3 is 2.92 bits per heavy atom. The highest BCUT2D eigenvalue weighted by Crippen LogP contribution is 2.17. The SMILES string of the molecule is COC1CCN(C2CCNC2)C1. The van der Waals surface area contributed by atoms with Crippen LogP contribution in [0.15, 0.2) is 0 Å². The van der Waals surface area contributed by atoms with E-state index in [0.717, 1.165) is 12.6 Å². The van der Waals surface area contributed by atoms with Crippen LogP contribution in [0, 0.1) is 0 Å². The van der Waals surface area contributed by atoms with Crippen LogP contribution in [-0.2, 0) is 4.74 Å². The molecule has 3 heteroatoms. The molecule has 0 bridgehead atoms. The third kappa shape index (κ3) is 1.63. The second kappa shape index (κ2) is 3.73. The summed E-state index contributed by atoms with van der Waals surface area (Å²) in [7, 11) is 1.82. The first kappa shape index (κ1) is 8.48. The van der Waals surface area contributed by atoms with Crippen molar-refractivity contribution in [1.82, 2.24) is 10.2 Å². The summed E-state index contributed by atoms with van der Waals surface area (Å²) in [4.78, 5) is 2.56. The van der Waals surface area contributed by atoms with Gasteiger partial charge in [0.1, 0.15) is 0 Å². The molecule has 0 aromatic carbocycles. The summed E-state index contributed by atoms with van der Waals surface area (Å²) in [6, 6.07) is 0.783. The van der Waals surface area contributed by atoms with E-state index in [1.807, 2.05) is 7.11 Å². The second-order valence-corrected chi connectivity index (χ2v) is 3.79. The molecular formula is C9H18N2O. The molecule has 3 nitrogen and oxygen atoms in total. The van der Waals surface area contributed by atoms with Crippen LogP contribution in [0.25, 0.3) is 0 Å². The average Bonchev–Trinajstić information content (AvgIpc) is 2.75. The highest BCUT2D eigenvalue weighted by Gasteiger charge is 2.29. The standard InChI is InChI=1S/C9H18N2O/c1-12-9-3-5-11(7-9)8-2-4-10-6-8/h8-10H,2-7H2,1H3. The number of nitrogens with zero attached hydrogens (tertiary/aromatic N) is 1. The number of likely N-dealkylation sites (tertiary alicyclic amines) is 1. The predicted molar refractivity (Wildman–Crippen MR) is 48.3 cm³/mol. The van der Waals surface area contributed by atoms with Gasteiger partial charge in [0, 0.05) is 32.8 Å². The topological polar surface area (TPSA) is 24.5 Å². The molecular weight excluding hydrogens is 152 g/mol. The maximum Gasteiger partial charge on any atom is 0.0710 e. The smallest absolute Gasteiger partial charge is 0.0710 e. The summed E-state index contributed by atoms with van der Waals surface area (Å²) in [5.74, 6) is 0. The van der Waals surface area contributed by atoms with Crippen molar-refractivity contribution in [2.24, 2.45) is 0 Å². The van der Waals surface area contributed by atoms with E-state index in [9.17, 15) is 0 Å². The molecule has 0 aromatic rings. The third-order valence-corrected chi connectivity index (χ3v) is 3.06. The van der Waals surface area contributed by atoms with Crippen molar-refractivity contribution in [1.29, 1.82) is 0 Å². The first-order valence-corrected chi connectivity index (χ1v) is 4.87. The molecule has 70 valence electrons. The Hall–Kier alpha value is -0.120. The van der Waals surface area contributed by atoms with Gasteiger partial charge in [-0.2, -0.15) is 0 Å². The summed E-state index contributed by atoms with van der Waals surface area (Å²) in [6.45, 7) is 4.74. The molecule has 0 radical (unpaired) electrons. The lowest BCUT2D eigenvalue weighted by Crippen LogP contribution is -2.35. The molecule has 2 saturated heterocycles. The van der Waals surface area contributed by atoms with Crippen LogP contribution < -0.4 is 5.32 Å². The van der Waals surface area contributed by atoms with Crippen LogP contribution >= 0.6 is 0 Å². The van der Waals surface area contributed by atoms with Crippen LogP contribution in [-0.4, -0.2) is 50.3 Å². The third-order valence-electron chi connectivity index (χ3n) is 3.06. The normalized spacial score (nSPS) is 37.8. The lowest BCUT2D eigenvalue weighted by Gasteiger charge is -2.22. The van der Waals surface area contributed by atoms with Crippen molar-refractivity contribution in [2.45, 2.75) is 25.0 Å². The van der Waals surface area contributed by atoms with Gasteiger partial charge in [-0.15, -0.1) is 0 Å². The Kier molecular flexibility index (Phi) is 2.63. The molecule has 2 atom stereocenters. The fourth-order valence-corrected chi connectivity index (χ4v) is 2.23. The largest absolute Gasteiger partial charge is 0.380 e. The monoisotopic (exact) mass is 170 g/mol. The molecule has 0 amide bonds. The van der Waals surface area contributed by atoms with Crippen LogP contribution in [0.3, 0.4) is 0 Å². The van der Waals surface area contributed by atoms with Gasteiger partial charge in [0.05, 0.1) is 6.10 Å². The first-order valence-electron chi connectivity index (χ1n) is 4.87. The lowest BCUT2D eigenvalue weighted by molar-refractivity contribution is 0.102. The van der Waals surface area contributed by atoms with Crippen LogP contribution in [0.5, 0.6) is 0 Å². The van der Waals surface area contributed by atoms with E-state index in [1.54, 1.807) is 0 Å². The minimum atomic E-state index is 0.491. The highest BCUT2D eigenvalue weighted by atomic mass is 16.5. The van der Waals surface area contributed by atoms with Crippen LogP contribution in [0.4, 0.5) is 0 Å². The van der Waals surface area contributed by atoms with Gasteiger partial charge >= 0.3 is 0 Å². The van der Waals surface area contributed by atoms with Crippen molar-refractivity contribution in [3.8, 4) is 0 Å². The predicted octanol–water partition coefficient (Wildman–Crippen LogP) is 0.0690. The number of methoxy groups -OCH3 is 1. The van der Waals surface area contributed by atoms with Gasteiger partial charge in [-0.3, -0.25) is 4.90 Å². The molecule has 2 aliphatic heterocycles. The summed E-state index contributed by atoms with van der Waals surface area (Å²) in [5, 5.41) is 3.40. The summed E-state index contributed by atoms with van der Waals surface area (Å²) in [6.07, 6.45) is 3.02. The fourth-order valence-electron chi connectivity index (χ4n) is 2.23. The first-order chi connectivity index (χ1) is 5.90. The van der Waals surface area contributed by atoms with Crippen LogP contribution in [0.1, 0.15) is 12.8 Å². The molecule has 2 heterocycles. The summed E-state index contributed by atoms with van der Waals surface area (Å²) < 4.78 is 5.34. The Morgan fingerprint density at radius 2 is 2.33 bits per heavy atom. The van der Waals surface area contributed by atoms with E-state index < -0.39 is 0 Å². The maximum atomic E-state index is 5.34. The number of nitrogens with one attached hydrogen (secondary N) is 1. The fraction of sp³-hybridized carbons (Fsp3) is 1.00. The molecule has 2 aliphatic rings. The summed E-state index contributed by atoms with van der Waals surface area (Å²) >= 11 is 0. The maximum absolute atomic E-state index is 5.34. The molecule has 0 aromatic heterocycles. The molecule has 2 rings (SSSR count). The van der Waals surface area contributed by atoms with Gasteiger partial charge in [0.25, 0.3) is 0 Å². The van der Waals surface area contributed by atoms with Crippen molar-refractivity contribution >= 4 is 0 Å². The zero-order chi connectivity index (χ0) is 8.39. The van der Waals surface area contributed by atoms with E-state index in [1.165, 1.54) is 32.5 Å². The Bertz CT molecular complexity index is 145. The van der Waals surface area contributed by atoms with Crippen molar-refractivity contribution in [2.75, 3.05) is 33.3 Å². The molecule has 0 aliphatic carbocycles. The van der Waals surface area contributed by atoms with E-state index in [4.69, 9.17) is 4.74 Å². The zero-order valence-corrected chi connectivity index (χ0v) is 7.75. The van der Waals surface area contributed by atoms with Gasteiger partial charge in [-0.05, 0) is 19.4 Å². The van der Waals surface area contributed by atoms with Gasteiger partial charge in [-0.1, -0.05) is 0 Å². The van der Waals surface area contributed by atoms with E-state index in [-0.39, 0.29) is 0 Å². The molecule has 12 heavy (non-hydrogen) atoms. The van der Waals surface area contributed by atoms with Crippen molar-refractivity contribution < 1.29 is 4.74 Å². The molecule has 1 N–H and O–H groups in total. The molecule has 2 fully saturated rings. The molecule has 2 unspecified atom stereocenters. The highest BCUT2D eigenvalue weighted by molar-refractivity contribution is 4.86. The van der Waals surface area contributed by atoms with Crippen molar-refractivity contribution in [3.63, 3.8) is 0 Å². The van der Waals surface area contributed by atoms with Gasteiger partial charge in [0.15, 0.2) is 0 Å². The van der Waals surface area contributed by atoms with Gasteiger partial charge in [0.2, 0.25) is 0 Å². The molecule has 0 spiro atoms. The van der Waals surface area contributed by atoms with E-state index in [0.29, 0.717) is 6.10 Å². The van der Waals surface area contributed by atoms with E-state index >= 15 is 0 Å². The van der Waals surface area contributed by atoms with Crippen LogP contribution in [0.2, 0.25) is 0 Å². The number of hydrogen-bond donors (Lipinski definition) is 1. The Labute approximate surface area is 74.1 Å². The average molecular weight is 170 g/mol. The lowest BCUT2D eigenvalue weighted by atomic mass is 10.2. The minimum absolute atomic E-state index is 0.491. The summed E-state index contributed by atoms with van der Waals surface area (Å²) in [5.41, 5.74) is 0. The van der Waals surface area contributed by atoms with Gasteiger partial charge < -0.3 is 10.1 Å². The van der Waals surface area contributed by atoms with Crippen molar-refractivity contribution in [3.05, 3.63) is 0 Å². The molecule has 0 saturated carbocycles. The van der Waals surface area contributed by atoms with Gasteiger partial charge in [-0.25, -0.2) is 0 Å². The second-order valence-electron chi connectivity index (χ2n) is 3.79. The number of hydrogen-bond acceptors (Lipinski definition) is 3. The van der Waals surface area contributed by atoms with E-state index in [2.05, 4.69) is 10.2 Å². The minimum Gasteiger partial charge on any atom is -0.380 e. The Morgan fingerprint density at radius 1 is 1.42 bits per heavy atom.